The van der Waals surface area contributed by atoms with Crippen molar-refractivity contribution in [2.45, 2.75) is 38.8 Å². The second-order valence-corrected chi connectivity index (χ2v) is 4.30. The molecular formula is C11H21N3O2. The SMILES string of the molecule is CCN(C)C(=O)C(C)NC(=O)CNC1CC1. The predicted octanol–water partition coefficient (Wildman–Crippen LogP) is -0.279. The molecule has 1 unspecified atom stereocenters. The highest BCUT2D eigenvalue weighted by Crippen LogP contribution is 2.17. The molecule has 0 aliphatic heterocycles. The Labute approximate surface area is 96.6 Å². The van der Waals surface area contributed by atoms with Crippen molar-refractivity contribution in [3.63, 3.8) is 0 Å². The Balaban J connectivity index is 2.22. The fourth-order valence-corrected chi connectivity index (χ4v) is 1.37. The fourth-order valence-electron chi connectivity index (χ4n) is 1.37. The summed E-state index contributed by atoms with van der Waals surface area (Å²) in [4.78, 5) is 24.7. The van der Waals surface area contributed by atoms with Crippen molar-refractivity contribution in [2.75, 3.05) is 20.1 Å². The van der Waals surface area contributed by atoms with Crippen LogP contribution in [0.5, 0.6) is 0 Å². The topological polar surface area (TPSA) is 61.4 Å². The van der Waals surface area contributed by atoms with Gasteiger partial charge in [-0.15, -0.1) is 0 Å². The summed E-state index contributed by atoms with van der Waals surface area (Å²) >= 11 is 0. The Morgan fingerprint density at radius 2 is 2.06 bits per heavy atom. The molecule has 0 heterocycles. The molecule has 2 amide bonds. The van der Waals surface area contributed by atoms with Gasteiger partial charge in [-0.1, -0.05) is 0 Å². The van der Waals surface area contributed by atoms with Crippen LogP contribution in [0.4, 0.5) is 0 Å². The minimum absolute atomic E-state index is 0.0535. The number of hydrogen-bond acceptors (Lipinski definition) is 3. The average Bonchev–Trinajstić information content (AvgIpc) is 3.07. The van der Waals surface area contributed by atoms with Crippen LogP contribution in [0.2, 0.25) is 0 Å². The highest BCUT2D eigenvalue weighted by atomic mass is 16.2. The molecule has 1 aliphatic carbocycles. The molecular weight excluding hydrogens is 206 g/mol. The van der Waals surface area contributed by atoms with E-state index >= 15 is 0 Å². The van der Waals surface area contributed by atoms with E-state index < -0.39 is 6.04 Å². The van der Waals surface area contributed by atoms with Gasteiger partial charge in [0.15, 0.2) is 0 Å². The standard InChI is InChI=1S/C11H21N3O2/c1-4-14(3)11(16)8(2)13-10(15)7-12-9-5-6-9/h8-9,12H,4-7H2,1-3H3,(H,13,15). The van der Waals surface area contributed by atoms with Gasteiger partial charge >= 0.3 is 0 Å². The van der Waals surface area contributed by atoms with Gasteiger partial charge < -0.3 is 15.5 Å². The van der Waals surface area contributed by atoms with Crippen molar-refractivity contribution < 1.29 is 9.59 Å². The lowest BCUT2D eigenvalue weighted by Gasteiger charge is -2.20. The van der Waals surface area contributed by atoms with Gasteiger partial charge in [0.25, 0.3) is 0 Å². The van der Waals surface area contributed by atoms with Crippen molar-refractivity contribution in [1.82, 2.24) is 15.5 Å². The lowest BCUT2D eigenvalue weighted by molar-refractivity contribution is -0.134. The number of carbonyl (C=O) groups is 2. The van der Waals surface area contributed by atoms with E-state index in [9.17, 15) is 9.59 Å². The number of carbonyl (C=O) groups excluding carboxylic acids is 2. The normalized spacial score (nSPS) is 16.7. The quantitative estimate of drug-likeness (QED) is 0.656. The lowest BCUT2D eigenvalue weighted by atomic mass is 10.3. The van der Waals surface area contributed by atoms with E-state index in [-0.39, 0.29) is 11.8 Å². The summed E-state index contributed by atoms with van der Waals surface area (Å²) in [5.41, 5.74) is 0. The van der Waals surface area contributed by atoms with E-state index in [1.807, 2.05) is 6.92 Å². The molecule has 0 radical (unpaired) electrons. The highest BCUT2D eigenvalue weighted by Gasteiger charge is 2.22. The van der Waals surface area contributed by atoms with Gasteiger partial charge in [-0.3, -0.25) is 9.59 Å². The van der Waals surface area contributed by atoms with Gasteiger partial charge in [0.2, 0.25) is 11.8 Å². The first kappa shape index (κ1) is 13.0. The van der Waals surface area contributed by atoms with E-state index in [1.165, 1.54) is 0 Å². The number of nitrogens with zero attached hydrogens (tertiary/aromatic N) is 1. The van der Waals surface area contributed by atoms with Crippen LogP contribution in [0, 0.1) is 0 Å². The molecule has 0 aromatic heterocycles. The zero-order valence-electron chi connectivity index (χ0n) is 10.2. The van der Waals surface area contributed by atoms with Crippen LogP contribution in [0.1, 0.15) is 26.7 Å². The van der Waals surface area contributed by atoms with Gasteiger partial charge in [0, 0.05) is 19.6 Å². The molecule has 5 nitrogen and oxygen atoms in total. The van der Waals surface area contributed by atoms with Crippen molar-refractivity contribution in [1.29, 1.82) is 0 Å². The van der Waals surface area contributed by atoms with Crippen LogP contribution < -0.4 is 10.6 Å². The second kappa shape index (κ2) is 5.84. The molecule has 1 fully saturated rings. The van der Waals surface area contributed by atoms with E-state index in [0.29, 0.717) is 19.1 Å². The van der Waals surface area contributed by atoms with Crippen molar-refractivity contribution in [3.8, 4) is 0 Å². The summed E-state index contributed by atoms with van der Waals surface area (Å²) in [7, 11) is 1.73. The average molecular weight is 227 g/mol. The largest absolute Gasteiger partial charge is 0.344 e. The first-order chi connectivity index (χ1) is 7.54. The summed E-state index contributed by atoms with van der Waals surface area (Å²) in [6, 6.07) is 0.0635. The van der Waals surface area contributed by atoms with Crippen molar-refractivity contribution >= 4 is 11.8 Å². The van der Waals surface area contributed by atoms with Gasteiger partial charge in [-0.05, 0) is 26.7 Å². The Morgan fingerprint density at radius 3 is 2.56 bits per heavy atom. The van der Waals surface area contributed by atoms with Crippen LogP contribution in [-0.4, -0.2) is 48.9 Å². The maximum atomic E-state index is 11.7. The van der Waals surface area contributed by atoms with Gasteiger partial charge in [0.05, 0.1) is 6.54 Å². The van der Waals surface area contributed by atoms with Gasteiger partial charge in [0.1, 0.15) is 6.04 Å². The molecule has 1 saturated carbocycles. The van der Waals surface area contributed by atoms with Gasteiger partial charge in [-0.2, -0.15) is 0 Å². The number of nitrogens with one attached hydrogen (secondary N) is 2. The summed E-state index contributed by atoms with van der Waals surface area (Å²) in [5, 5.41) is 5.79. The Kier molecular flexibility index (Phi) is 4.73. The molecule has 0 spiro atoms. The Morgan fingerprint density at radius 1 is 1.44 bits per heavy atom. The van der Waals surface area contributed by atoms with Crippen LogP contribution in [0.15, 0.2) is 0 Å². The molecule has 2 N–H and O–H groups in total. The van der Waals surface area contributed by atoms with Crippen LogP contribution >= 0.6 is 0 Å². The van der Waals surface area contributed by atoms with Crippen molar-refractivity contribution in [2.24, 2.45) is 0 Å². The van der Waals surface area contributed by atoms with Crippen LogP contribution in [0.3, 0.4) is 0 Å². The monoisotopic (exact) mass is 227 g/mol. The van der Waals surface area contributed by atoms with E-state index in [1.54, 1.807) is 18.9 Å². The summed E-state index contributed by atoms with van der Waals surface area (Å²) in [6.45, 7) is 4.57. The molecule has 0 aromatic rings. The first-order valence-electron chi connectivity index (χ1n) is 5.82. The van der Waals surface area contributed by atoms with Gasteiger partial charge in [-0.25, -0.2) is 0 Å². The molecule has 1 atom stereocenters. The second-order valence-electron chi connectivity index (χ2n) is 4.30. The maximum absolute atomic E-state index is 11.7. The zero-order chi connectivity index (χ0) is 12.1. The minimum Gasteiger partial charge on any atom is -0.344 e. The van der Waals surface area contributed by atoms with Crippen molar-refractivity contribution in [3.05, 3.63) is 0 Å². The zero-order valence-corrected chi connectivity index (χ0v) is 10.2. The minimum atomic E-state index is -0.446. The third-order valence-electron chi connectivity index (χ3n) is 2.73. The summed E-state index contributed by atoms with van der Waals surface area (Å²) < 4.78 is 0. The van der Waals surface area contributed by atoms with E-state index in [4.69, 9.17) is 0 Å². The summed E-state index contributed by atoms with van der Waals surface area (Å²) in [5.74, 6) is -0.167. The molecule has 0 saturated heterocycles. The molecule has 5 heteroatoms. The third-order valence-corrected chi connectivity index (χ3v) is 2.73. The fraction of sp³-hybridized carbons (Fsp3) is 0.818. The lowest BCUT2D eigenvalue weighted by Crippen LogP contribution is -2.47. The Hall–Kier alpha value is -1.10. The molecule has 0 aromatic carbocycles. The van der Waals surface area contributed by atoms with Crippen LogP contribution in [0.25, 0.3) is 0 Å². The Bertz CT molecular complexity index is 264. The highest BCUT2D eigenvalue weighted by molar-refractivity contribution is 5.87. The number of likely N-dealkylation sites (N-methyl/N-ethyl adjacent to an activating group) is 1. The molecule has 1 aliphatic rings. The van der Waals surface area contributed by atoms with Crippen LogP contribution in [-0.2, 0) is 9.59 Å². The maximum Gasteiger partial charge on any atom is 0.244 e. The number of hydrogen-bond donors (Lipinski definition) is 2. The number of amides is 2. The predicted molar refractivity (Wildman–Crippen MR) is 61.9 cm³/mol. The molecule has 1 rings (SSSR count). The molecule has 92 valence electrons. The first-order valence-corrected chi connectivity index (χ1v) is 5.82. The number of rotatable bonds is 6. The molecule has 0 bridgehead atoms. The molecule has 16 heavy (non-hydrogen) atoms. The van der Waals surface area contributed by atoms with E-state index in [2.05, 4.69) is 10.6 Å². The smallest absolute Gasteiger partial charge is 0.244 e. The van der Waals surface area contributed by atoms with E-state index in [0.717, 1.165) is 12.8 Å². The summed E-state index contributed by atoms with van der Waals surface area (Å²) in [6.07, 6.45) is 2.31. The third kappa shape index (κ3) is 4.18.